The lowest BCUT2D eigenvalue weighted by Gasteiger charge is -2.46. The molecule has 0 radical (unpaired) electrons. The van der Waals surface area contributed by atoms with Gasteiger partial charge in [0.15, 0.2) is 5.79 Å². The van der Waals surface area contributed by atoms with Crippen LogP contribution in [0, 0.1) is 0 Å². The van der Waals surface area contributed by atoms with Crippen molar-refractivity contribution >= 4 is 0 Å². The fourth-order valence-corrected chi connectivity index (χ4v) is 2.87. The second-order valence-corrected chi connectivity index (χ2v) is 5.58. The molecule has 4 unspecified atom stereocenters. The lowest BCUT2D eigenvalue weighted by molar-refractivity contribution is -0.177. The third kappa shape index (κ3) is 2.68. The highest BCUT2D eigenvalue weighted by Gasteiger charge is 2.59. The fraction of sp³-hybridized carbons (Fsp3) is 0.692. The average molecular weight is 306 g/mol. The Hall–Kier alpha value is -2.02. The summed E-state index contributed by atoms with van der Waals surface area (Å²) in [6, 6.07) is -0.631. The largest absolute Gasteiger partial charge is 0.360 e. The topological polar surface area (TPSA) is 125 Å². The van der Waals surface area contributed by atoms with Gasteiger partial charge < -0.3 is 14.2 Å². The predicted molar refractivity (Wildman–Crippen MR) is 78.8 cm³/mol. The van der Waals surface area contributed by atoms with Gasteiger partial charge in [0, 0.05) is 9.82 Å². The van der Waals surface area contributed by atoms with E-state index in [9.17, 15) is 0 Å². The van der Waals surface area contributed by atoms with Crippen LogP contribution in [0.3, 0.4) is 0 Å². The van der Waals surface area contributed by atoms with Crippen LogP contribution in [0.25, 0.3) is 20.9 Å². The Balaban J connectivity index is 2.49. The summed E-state index contributed by atoms with van der Waals surface area (Å²) in [6.45, 7) is 11.0. The Labute approximate surface area is 127 Å². The van der Waals surface area contributed by atoms with Crippen molar-refractivity contribution in [3.05, 3.63) is 46.2 Å². The molecule has 0 amide bonds. The summed E-state index contributed by atoms with van der Waals surface area (Å²) in [5.74, 6) is -0.886. The van der Waals surface area contributed by atoms with Gasteiger partial charge in [0.25, 0.3) is 0 Å². The van der Waals surface area contributed by atoms with E-state index in [0.29, 0.717) is 0 Å². The molecule has 9 heteroatoms. The van der Waals surface area contributed by atoms with Gasteiger partial charge in [-0.25, -0.2) is 0 Å². The molecule has 9 nitrogen and oxygen atoms in total. The first-order valence-electron chi connectivity index (χ1n) is 6.77. The second kappa shape index (κ2) is 6.00. The van der Waals surface area contributed by atoms with Crippen LogP contribution >= 0.6 is 0 Å². The standard InChI is InChI=1S/C13H18N6O3/c1-5-8-9(17-19-15)10-11(22-12(3,4)21-10)13(6-2,20-8)7-16-18-14/h5-6,8-11H,1-2,7H2,3-4H3/t8?,9?,10?,11-,13?/m1/s1. The number of azide groups is 2. The minimum Gasteiger partial charge on any atom is -0.360 e. The van der Waals surface area contributed by atoms with Crippen molar-refractivity contribution in [1.29, 1.82) is 0 Å². The van der Waals surface area contributed by atoms with Gasteiger partial charge >= 0.3 is 0 Å². The Bertz CT molecular complexity index is 566. The number of hydrogen-bond donors (Lipinski definition) is 0. The molecule has 22 heavy (non-hydrogen) atoms. The molecule has 2 fully saturated rings. The highest BCUT2D eigenvalue weighted by atomic mass is 16.8. The molecule has 0 spiro atoms. The lowest BCUT2D eigenvalue weighted by atomic mass is 9.83. The molecule has 0 aromatic carbocycles. The fourth-order valence-electron chi connectivity index (χ4n) is 2.87. The summed E-state index contributed by atoms with van der Waals surface area (Å²) in [4.78, 5) is 5.63. The summed E-state index contributed by atoms with van der Waals surface area (Å²) in [6.07, 6.45) is 1.28. The van der Waals surface area contributed by atoms with E-state index in [0.717, 1.165) is 0 Å². The lowest BCUT2D eigenvalue weighted by Crippen LogP contribution is -2.62. The summed E-state index contributed by atoms with van der Waals surface area (Å²) in [5, 5.41) is 7.36. The molecule has 2 aliphatic heterocycles. The maximum absolute atomic E-state index is 8.80. The molecule has 0 N–H and O–H groups in total. The number of nitrogens with zero attached hydrogens (tertiary/aromatic N) is 6. The zero-order valence-corrected chi connectivity index (χ0v) is 12.5. The smallest absolute Gasteiger partial charge is 0.163 e. The minimum atomic E-state index is -1.08. The van der Waals surface area contributed by atoms with Gasteiger partial charge in [-0.3, -0.25) is 0 Å². The van der Waals surface area contributed by atoms with Gasteiger partial charge in [0.2, 0.25) is 0 Å². The minimum absolute atomic E-state index is 0.0130. The van der Waals surface area contributed by atoms with Crippen molar-refractivity contribution in [3.63, 3.8) is 0 Å². The Kier molecular flexibility index (Phi) is 4.46. The van der Waals surface area contributed by atoms with E-state index in [1.807, 2.05) is 0 Å². The van der Waals surface area contributed by atoms with Crippen LogP contribution in [0.4, 0.5) is 0 Å². The molecular weight excluding hydrogens is 288 g/mol. The van der Waals surface area contributed by atoms with Crippen LogP contribution < -0.4 is 0 Å². The van der Waals surface area contributed by atoms with Crippen LogP contribution in [-0.4, -0.2) is 42.3 Å². The van der Waals surface area contributed by atoms with Crippen LogP contribution in [0.5, 0.6) is 0 Å². The molecule has 2 aliphatic rings. The third-order valence-electron chi connectivity index (χ3n) is 3.78. The van der Waals surface area contributed by atoms with Crippen molar-refractivity contribution in [2.45, 2.75) is 49.6 Å². The summed E-state index contributed by atoms with van der Waals surface area (Å²) < 4.78 is 17.8. The summed E-state index contributed by atoms with van der Waals surface area (Å²) >= 11 is 0. The molecule has 2 heterocycles. The molecule has 118 valence electrons. The molecule has 0 saturated carbocycles. The Morgan fingerprint density at radius 2 is 1.91 bits per heavy atom. The number of ether oxygens (including phenoxy) is 3. The maximum Gasteiger partial charge on any atom is 0.163 e. The van der Waals surface area contributed by atoms with Gasteiger partial charge in [-0.05, 0) is 24.9 Å². The summed E-state index contributed by atoms with van der Waals surface area (Å²) in [7, 11) is 0. The van der Waals surface area contributed by atoms with Crippen molar-refractivity contribution in [2.24, 2.45) is 10.2 Å². The first kappa shape index (κ1) is 16.4. The number of rotatable bonds is 5. The molecule has 2 rings (SSSR count). The molecule has 2 saturated heterocycles. The zero-order valence-electron chi connectivity index (χ0n) is 12.5. The van der Waals surface area contributed by atoms with Crippen LogP contribution in [0.2, 0.25) is 0 Å². The van der Waals surface area contributed by atoms with E-state index in [1.54, 1.807) is 13.8 Å². The van der Waals surface area contributed by atoms with Gasteiger partial charge in [-0.2, -0.15) is 0 Å². The maximum atomic E-state index is 8.80. The van der Waals surface area contributed by atoms with Gasteiger partial charge in [0.05, 0.1) is 18.7 Å². The van der Waals surface area contributed by atoms with E-state index in [4.69, 9.17) is 25.3 Å². The normalized spacial score (nSPS) is 39.0. The molecule has 0 aromatic heterocycles. The molecular formula is C13H18N6O3. The average Bonchev–Trinajstić information content (AvgIpc) is 2.83. The zero-order chi connectivity index (χ0) is 16.4. The first-order valence-corrected chi connectivity index (χ1v) is 6.77. The van der Waals surface area contributed by atoms with E-state index in [-0.39, 0.29) is 6.54 Å². The predicted octanol–water partition coefficient (Wildman–Crippen LogP) is 3.01. The first-order chi connectivity index (χ1) is 10.4. The summed E-state index contributed by atoms with van der Waals surface area (Å²) in [5.41, 5.74) is 16.3. The van der Waals surface area contributed by atoms with E-state index in [1.165, 1.54) is 12.2 Å². The van der Waals surface area contributed by atoms with Crippen molar-refractivity contribution in [2.75, 3.05) is 6.54 Å². The monoisotopic (exact) mass is 306 g/mol. The van der Waals surface area contributed by atoms with Gasteiger partial charge in [-0.1, -0.05) is 22.4 Å². The quantitative estimate of drug-likeness (QED) is 0.335. The highest BCUT2D eigenvalue weighted by Crippen LogP contribution is 2.44. The van der Waals surface area contributed by atoms with Crippen molar-refractivity contribution in [3.8, 4) is 0 Å². The Morgan fingerprint density at radius 3 is 2.45 bits per heavy atom. The van der Waals surface area contributed by atoms with Crippen LogP contribution in [-0.2, 0) is 14.2 Å². The van der Waals surface area contributed by atoms with Crippen LogP contribution in [0.15, 0.2) is 35.5 Å². The number of hydrogen-bond acceptors (Lipinski definition) is 5. The SMILES string of the molecule is C=CC1OC(C=C)(CN=[N+]=[N-])[C@@H]2OC(C)(C)OC2C1N=[N+]=[N-]. The number of fused-ring (bicyclic) bond motifs is 1. The third-order valence-corrected chi connectivity index (χ3v) is 3.78. The van der Waals surface area contributed by atoms with Gasteiger partial charge in [-0.15, -0.1) is 13.2 Å². The van der Waals surface area contributed by atoms with E-state index in [2.05, 4.69) is 33.2 Å². The van der Waals surface area contributed by atoms with E-state index < -0.39 is 35.7 Å². The highest BCUT2D eigenvalue weighted by molar-refractivity contribution is 5.18. The molecule has 0 bridgehead atoms. The molecule has 0 aromatic rings. The molecule has 0 aliphatic carbocycles. The van der Waals surface area contributed by atoms with E-state index >= 15 is 0 Å². The second-order valence-electron chi connectivity index (χ2n) is 5.58. The van der Waals surface area contributed by atoms with Gasteiger partial charge in [0.1, 0.15) is 17.8 Å². The molecule has 5 atom stereocenters. The van der Waals surface area contributed by atoms with Crippen molar-refractivity contribution in [1.82, 2.24) is 0 Å². The van der Waals surface area contributed by atoms with Crippen molar-refractivity contribution < 1.29 is 14.2 Å². The Morgan fingerprint density at radius 1 is 1.18 bits per heavy atom. The van der Waals surface area contributed by atoms with Crippen LogP contribution in [0.1, 0.15) is 13.8 Å².